The fourth-order valence-corrected chi connectivity index (χ4v) is 2.59. The first-order valence-corrected chi connectivity index (χ1v) is 6.27. The molecule has 2 aliphatic rings. The van der Waals surface area contributed by atoms with Crippen LogP contribution in [0.5, 0.6) is 5.75 Å². The monoisotopic (exact) mass is 248 g/mol. The highest BCUT2D eigenvalue weighted by atomic mass is 16.5. The molecule has 0 spiro atoms. The maximum atomic E-state index is 11.7. The van der Waals surface area contributed by atoms with E-state index in [9.17, 15) is 4.79 Å². The molecule has 3 rings (SSSR count). The van der Waals surface area contributed by atoms with Crippen molar-refractivity contribution in [3.05, 3.63) is 24.5 Å². The Labute approximate surface area is 105 Å². The van der Waals surface area contributed by atoms with E-state index in [-0.39, 0.29) is 18.6 Å². The molecule has 0 radical (unpaired) electrons. The van der Waals surface area contributed by atoms with Crippen molar-refractivity contribution in [2.24, 2.45) is 5.92 Å². The largest absolute Gasteiger partial charge is 0.482 e. The molecule has 3 atom stereocenters. The Morgan fingerprint density at radius 2 is 2.56 bits per heavy atom. The first kappa shape index (κ1) is 11.5. The van der Waals surface area contributed by atoms with Crippen LogP contribution in [0.1, 0.15) is 12.8 Å². The van der Waals surface area contributed by atoms with Crippen molar-refractivity contribution in [2.75, 3.05) is 13.2 Å². The van der Waals surface area contributed by atoms with Crippen molar-refractivity contribution in [1.82, 2.24) is 10.3 Å². The molecule has 0 aromatic carbocycles. The van der Waals surface area contributed by atoms with Crippen molar-refractivity contribution < 1.29 is 14.3 Å². The minimum absolute atomic E-state index is 0.0421. The standard InChI is InChI=1S/C13H16N2O3/c16-13(8-18-9-2-1-4-14-7-9)15-11-6-12-10(11)3-5-17-12/h1-2,4,7,10-12H,3,5-6,8H2,(H,15,16)/t10-,11+,12+/m1/s1. The molecule has 2 fully saturated rings. The summed E-state index contributed by atoms with van der Waals surface area (Å²) in [4.78, 5) is 15.6. The molecule has 1 aromatic heterocycles. The minimum atomic E-state index is -0.0748. The number of aromatic nitrogens is 1. The van der Waals surface area contributed by atoms with Crippen LogP contribution in [0.2, 0.25) is 0 Å². The molecule has 0 bridgehead atoms. The first-order chi connectivity index (χ1) is 8.83. The molecule has 1 N–H and O–H groups in total. The van der Waals surface area contributed by atoms with Gasteiger partial charge in [-0.15, -0.1) is 0 Å². The first-order valence-electron chi connectivity index (χ1n) is 6.27. The topological polar surface area (TPSA) is 60.5 Å². The lowest BCUT2D eigenvalue weighted by atomic mass is 9.76. The van der Waals surface area contributed by atoms with Crippen LogP contribution in [0.25, 0.3) is 0 Å². The third kappa shape index (κ3) is 2.31. The Bertz CT molecular complexity index is 424. The molecule has 1 aliphatic carbocycles. The summed E-state index contributed by atoms with van der Waals surface area (Å²) in [5, 5.41) is 2.99. The minimum Gasteiger partial charge on any atom is -0.482 e. The number of nitrogens with one attached hydrogen (secondary N) is 1. The van der Waals surface area contributed by atoms with Crippen LogP contribution in [-0.4, -0.2) is 36.3 Å². The number of hydrogen-bond donors (Lipinski definition) is 1. The summed E-state index contributed by atoms with van der Waals surface area (Å²) >= 11 is 0. The normalized spacial score (nSPS) is 29.2. The molecule has 1 aromatic rings. The van der Waals surface area contributed by atoms with Crippen molar-refractivity contribution in [3.8, 4) is 5.75 Å². The van der Waals surface area contributed by atoms with E-state index in [1.165, 1.54) is 0 Å². The molecule has 1 saturated carbocycles. The maximum absolute atomic E-state index is 11.7. The van der Waals surface area contributed by atoms with Gasteiger partial charge in [-0.05, 0) is 25.0 Å². The van der Waals surface area contributed by atoms with E-state index in [4.69, 9.17) is 9.47 Å². The van der Waals surface area contributed by atoms with Gasteiger partial charge in [0.15, 0.2) is 6.61 Å². The van der Waals surface area contributed by atoms with Crippen molar-refractivity contribution in [2.45, 2.75) is 25.0 Å². The highest BCUT2D eigenvalue weighted by Crippen LogP contribution is 2.38. The molecule has 5 heteroatoms. The smallest absolute Gasteiger partial charge is 0.258 e. The number of pyridine rings is 1. The average molecular weight is 248 g/mol. The number of fused-ring (bicyclic) bond motifs is 1. The van der Waals surface area contributed by atoms with Gasteiger partial charge in [0.1, 0.15) is 5.75 Å². The van der Waals surface area contributed by atoms with Gasteiger partial charge in [0.2, 0.25) is 0 Å². The summed E-state index contributed by atoms with van der Waals surface area (Å²) in [5.74, 6) is 1.05. The fourth-order valence-electron chi connectivity index (χ4n) is 2.59. The molecule has 1 saturated heterocycles. The van der Waals surface area contributed by atoms with Crippen LogP contribution in [0.3, 0.4) is 0 Å². The van der Waals surface area contributed by atoms with E-state index in [0.29, 0.717) is 17.8 Å². The van der Waals surface area contributed by atoms with Crippen LogP contribution < -0.4 is 10.1 Å². The van der Waals surface area contributed by atoms with Crippen molar-refractivity contribution in [3.63, 3.8) is 0 Å². The number of carbonyl (C=O) groups is 1. The van der Waals surface area contributed by atoms with Crippen LogP contribution in [-0.2, 0) is 9.53 Å². The van der Waals surface area contributed by atoms with Gasteiger partial charge in [0, 0.05) is 24.8 Å². The third-order valence-electron chi connectivity index (χ3n) is 3.61. The van der Waals surface area contributed by atoms with E-state index >= 15 is 0 Å². The maximum Gasteiger partial charge on any atom is 0.258 e. The lowest BCUT2D eigenvalue weighted by Gasteiger charge is -2.39. The lowest BCUT2D eigenvalue weighted by molar-refractivity contribution is -0.126. The van der Waals surface area contributed by atoms with Crippen molar-refractivity contribution in [1.29, 1.82) is 0 Å². The molecule has 0 unspecified atom stereocenters. The van der Waals surface area contributed by atoms with E-state index in [0.717, 1.165) is 19.4 Å². The van der Waals surface area contributed by atoms with Crippen molar-refractivity contribution >= 4 is 5.91 Å². The number of hydrogen-bond acceptors (Lipinski definition) is 4. The number of nitrogens with zero attached hydrogens (tertiary/aromatic N) is 1. The van der Waals surface area contributed by atoms with Gasteiger partial charge in [-0.3, -0.25) is 9.78 Å². The van der Waals surface area contributed by atoms with Crippen LogP contribution >= 0.6 is 0 Å². The number of ether oxygens (including phenoxy) is 2. The Hall–Kier alpha value is -1.62. The summed E-state index contributed by atoms with van der Waals surface area (Å²) in [7, 11) is 0. The van der Waals surface area contributed by atoms with E-state index < -0.39 is 0 Å². The zero-order valence-corrected chi connectivity index (χ0v) is 10.0. The summed E-state index contributed by atoms with van der Waals surface area (Å²) in [5.41, 5.74) is 0. The van der Waals surface area contributed by atoms with Crippen LogP contribution in [0, 0.1) is 5.92 Å². The third-order valence-corrected chi connectivity index (χ3v) is 3.61. The zero-order valence-electron chi connectivity index (χ0n) is 10.0. The Kier molecular flexibility index (Phi) is 3.15. The van der Waals surface area contributed by atoms with Crippen LogP contribution in [0.15, 0.2) is 24.5 Å². The number of rotatable bonds is 4. The Morgan fingerprint density at radius 1 is 1.61 bits per heavy atom. The van der Waals surface area contributed by atoms with Gasteiger partial charge < -0.3 is 14.8 Å². The number of carbonyl (C=O) groups excluding carboxylic acids is 1. The second kappa shape index (κ2) is 4.94. The van der Waals surface area contributed by atoms with Gasteiger partial charge in [0.25, 0.3) is 5.91 Å². The van der Waals surface area contributed by atoms with Gasteiger partial charge in [-0.1, -0.05) is 0 Å². The van der Waals surface area contributed by atoms with Gasteiger partial charge >= 0.3 is 0 Å². The molecule has 5 nitrogen and oxygen atoms in total. The molecule has 1 amide bonds. The summed E-state index contributed by atoms with van der Waals surface area (Å²) in [6, 6.07) is 3.83. The number of amides is 1. The van der Waals surface area contributed by atoms with Gasteiger partial charge in [-0.2, -0.15) is 0 Å². The second-order valence-corrected chi connectivity index (χ2v) is 4.75. The molecule has 2 heterocycles. The molecule has 96 valence electrons. The molecular weight excluding hydrogens is 232 g/mol. The summed E-state index contributed by atoms with van der Waals surface area (Å²) in [6.07, 6.45) is 5.62. The predicted molar refractivity (Wildman–Crippen MR) is 64.1 cm³/mol. The molecular formula is C13H16N2O3. The fraction of sp³-hybridized carbons (Fsp3) is 0.538. The summed E-state index contributed by atoms with van der Waals surface area (Å²) in [6.45, 7) is 0.869. The van der Waals surface area contributed by atoms with E-state index in [1.54, 1.807) is 24.5 Å². The van der Waals surface area contributed by atoms with Gasteiger partial charge in [0.05, 0.1) is 12.3 Å². The van der Waals surface area contributed by atoms with E-state index in [1.807, 2.05) is 0 Å². The highest BCUT2D eigenvalue weighted by Gasteiger charge is 2.45. The summed E-state index contributed by atoms with van der Waals surface area (Å²) < 4.78 is 10.8. The average Bonchev–Trinajstić information content (AvgIpc) is 2.76. The zero-order chi connectivity index (χ0) is 12.4. The molecule has 1 aliphatic heterocycles. The highest BCUT2D eigenvalue weighted by molar-refractivity contribution is 5.78. The molecule has 18 heavy (non-hydrogen) atoms. The quantitative estimate of drug-likeness (QED) is 0.854. The predicted octanol–water partition coefficient (Wildman–Crippen LogP) is 0.754. The Morgan fingerprint density at radius 3 is 3.33 bits per heavy atom. The Balaban J connectivity index is 1.43. The lowest BCUT2D eigenvalue weighted by Crippen LogP contribution is -2.54. The van der Waals surface area contributed by atoms with E-state index in [2.05, 4.69) is 10.3 Å². The van der Waals surface area contributed by atoms with Gasteiger partial charge in [-0.25, -0.2) is 0 Å². The second-order valence-electron chi connectivity index (χ2n) is 4.75. The van der Waals surface area contributed by atoms with Crippen LogP contribution in [0.4, 0.5) is 0 Å². The SMILES string of the molecule is O=C(COc1cccnc1)N[C@H]1C[C@@H]2OCC[C@H]12.